The van der Waals surface area contributed by atoms with Crippen LogP contribution in [0.1, 0.15) is 106 Å². The van der Waals surface area contributed by atoms with Gasteiger partial charge in [-0.3, -0.25) is 0 Å². The first-order valence-corrected chi connectivity index (χ1v) is 21.7. The second-order valence-corrected chi connectivity index (χ2v) is 16.3. The summed E-state index contributed by atoms with van der Waals surface area (Å²) < 4.78 is 41.4. The first kappa shape index (κ1) is 49.4. The van der Waals surface area contributed by atoms with Crippen molar-refractivity contribution in [2.24, 2.45) is 23.7 Å². The predicted octanol–water partition coefficient (Wildman–Crippen LogP) is 11.1. The van der Waals surface area contributed by atoms with E-state index in [9.17, 15) is 0 Å². The van der Waals surface area contributed by atoms with Crippen LogP contribution >= 0.6 is 0 Å². The molecule has 3 aromatic carbocycles. The van der Waals surface area contributed by atoms with Crippen LogP contribution in [0.25, 0.3) is 0 Å². The molecule has 3 aromatic rings. The monoisotopic (exact) mass is 807 g/mol. The summed E-state index contributed by atoms with van der Waals surface area (Å²) >= 11 is 0. The van der Waals surface area contributed by atoms with Crippen LogP contribution in [-0.2, 0) is 48.1 Å². The molecule has 0 aromatic heterocycles. The normalized spacial score (nSPS) is 22.8. The van der Waals surface area contributed by atoms with E-state index in [0.29, 0.717) is 25.4 Å². The maximum atomic E-state index is 5.44. The number of rotatable bonds is 16. The lowest BCUT2D eigenvalue weighted by atomic mass is 9.76. The first-order valence-electron chi connectivity index (χ1n) is 21.7. The third kappa shape index (κ3) is 19.8. The Balaban J connectivity index is 0.000000210. The molecule has 0 aliphatic heterocycles. The smallest absolute Gasteiger partial charge is 0.118 e. The molecule has 3 saturated carbocycles. The highest BCUT2D eigenvalue weighted by Crippen LogP contribution is 2.36. The second-order valence-electron chi connectivity index (χ2n) is 16.3. The minimum Gasteiger partial charge on any atom is -0.497 e. The summed E-state index contributed by atoms with van der Waals surface area (Å²) in [5.41, 5.74) is 4.93. The zero-order valence-electron chi connectivity index (χ0n) is 37.4. The number of methoxy groups -OCH3 is 8. The van der Waals surface area contributed by atoms with Gasteiger partial charge in [-0.1, -0.05) is 48.5 Å². The Kier molecular flexibility index (Phi) is 25.6. The lowest BCUT2D eigenvalue weighted by molar-refractivity contribution is 0.0381. The van der Waals surface area contributed by atoms with Crippen molar-refractivity contribution in [2.45, 2.75) is 115 Å². The van der Waals surface area contributed by atoms with Crippen molar-refractivity contribution in [3.8, 4) is 11.5 Å². The summed E-state index contributed by atoms with van der Waals surface area (Å²) in [5, 5.41) is 0. The van der Waals surface area contributed by atoms with Gasteiger partial charge >= 0.3 is 0 Å². The Morgan fingerprint density at radius 1 is 0.362 bits per heavy atom. The number of ether oxygens (including phenoxy) is 8. The Morgan fingerprint density at radius 3 is 0.948 bits per heavy atom. The van der Waals surface area contributed by atoms with E-state index in [1.165, 1.54) is 106 Å². The van der Waals surface area contributed by atoms with E-state index in [2.05, 4.69) is 48.5 Å². The van der Waals surface area contributed by atoms with Crippen molar-refractivity contribution in [3.63, 3.8) is 0 Å². The maximum absolute atomic E-state index is 5.44. The molecule has 8 heteroatoms. The van der Waals surface area contributed by atoms with E-state index in [4.69, 9.17) is 37.9 Å². The van der Waals surface area contributed by atoms with Crippen LogP contribution in [0.15, 0.2) is 72.8 Å². The van der Waals surface area contributed by atoms with Gasteiger partial charge in [-0.05, 0) is 160 Å². The molecule has 0 spiro atoms. The van der Waals surface area contributed by atoms with Crippen molar-refractivity contribution in [1.29, 1.82) is 0 Å². The van der Waals surface area contributed by atoms with Gasteiger partial charge in [-0.2, -0.15) is 0 Å². The fraction of sp³-hybridized carbons (Fsp3) is 0.640. The Morgan fingerprint density at radius 2 is 0.672 bits per heavy atom. The number of benzene rings is 3. The predicted molar refractivity (Wildman–Crippen MR) is 236 cm³/mol. The van der Waals surface area contributed by atoms with Gasteiger partial charge in [0.1, 0.15) is 11.5 Å². The van der Waals surface area contributed by atoms with Crippen molar-refractivity contribution in [3.05, 3.63) is 95.1 Å². The molecule has 0 heterocycles. The van der Waals surface area contributed by atoms with Gasteiger partial charge in [0.25, 0.3) is 0 Å². The van der Waals surface area contributed by atoms with E-state index in [-0.39, 0.29) is 0 Å². The van der Waals surface area contributed by atoms with Crippen LogP contribution < -0.4 is 9.47 Å². The van der Waals surface area contributed by atoms with Gasteiger partial charge in [-0.15, -0.1) is 0 Å². The summed E-state index contributed by atoms with van der Waals surface area (Å²) in [5.74, 6) is 5.36. The van der Waals surface area contributed by atoms with Crippen molar-refractivity contribution >= 4 is 0 Å². The molecule has 326 valence electrons. The Bertz CT molecular complexity index is 1280. The highest BCUT2D eigenvalue weighted by atomic mass is 16.5. The molecular formula is C50H78O8. The van der Waals surface area contributed by atoms with Crippen LogP contribution in [0.3, 0.4) is 0 Å². The van der Waals surface area contributed by atoms with Gasteiger partial charge in [-0.25, -0.2) is 0 Å². The van der Waals surface area contributed by atoms with Gasteiger partial charge < -0.3 is 37.9 Å². The quantitative estimate of drug-likeness (QED) is 0.142. The van der Waals surface area contributed by atoms with E-state index >= 15 is 0 Å². The van der Waals surface area contributed by atoms with Crippen LogP contribution in [0, 0.1) is 23.7 Å². The maximum Gasteiger partial charge on any atom is 0.118 e. The third-order valence-electron chi connectivity index (χ3n) is 12.1. The molecule has 0 atom stereocenters. The summed E-state index contributed by atoms with van der Waals surface area (Å²) in [4.78, 5) is 0. The molecule has 58 heavy (non-hydrogen) atoms. The molecule has 6 rings (SSSR count). The number of hydrogen-bond donors (Lipinski definition) is 0. The standard InChI is InChI=1S/C15H28O2.C15H16O2.C10H20O2.C10H14O2/c2*1-16-14-7-3-12(4-8-14)11-13-5-9-15(17-2)10-6-13;2*1-11-7-9-3-5-10(6-4-9)8-12-2/h12-15H,3-11H2,1-2H3;3-10H,11H2,1-2H3;9-10H,3-8H2,1-2H3;3-6H,7-8H2,1-2H3. The van der Waals surface area contributed by atoms with Crippen LogP contribution in [0.5, 0.6) is 11.5 Å². The zero-order chi connectivity index (χ0) is 41.8. The zero-order valence-corrected chi connectivity index (χ0v) is 37.4. The Hall–Kier alpha value is -2.98. The van der Waals surface area contributed by atoms with Crippen molar-refractivity contribution in [2.75, 3.05) is 70.1 Å². The Labute approximate surface area is 352 Å². The topological polar surface area (TPSA) is 73.8 Å². The molecule has 0 amide bonds. The molecule has 0 N–H and O–H groups in total. The molecular weight excluding hydrogens is 729 g/mol. The molecule has 8 nitrogen and oxygen atoms in total. The van der Waals surface area contributed by atoms with Crippen LogP contribution in [0.4, 0.5) is 0 Å². The van der Waals surface area contributed by atoms with Gasteiger partial charge in [0.05, 0.1) is 39.6 Å². The minimum absolute atomic E-state index is 0.551. The van der Waals surface area contributed by atoms with Gasteiger partial charge in [0.2, 0.25) is 0 Å². The average molecular weight is 807 g/mol. The summed E-state index contributed by atoms with van der Waals surface area (Å²) in [7, 11) is 14.1. The molecule has 0 unspecified atom stereocenters. The highest BCUT2D eigenvalue weighted by Gasteiger charge is 2.27. The van der Waals surface area contributed by atoms with Gasteiger partial charge in [0, 0.05) is 55.9 Å². The second kappa shape index (κ2) is 30.1. The minimum atomic E-state index is 0.551. The number of hydrogen-bond acceptors (Lipinski definition) is 8. The fourth-order valence-electron chi connectivity index (χ4n) is 8.50. The van der Waals surface area contributed by atoms with Crippen molar-refractivity contribution in [1.82, 2.24) is 0 Å². The molecule has 0 bridgehead atoms. The average Bonchev–Trinajstić information content (AvgIpc) is 3.27. The summed E-state index contributed by atoms with van der Waals surface area (Å²) in [6.07, 6.45) is 19.5. The van der Waals surface area contributed by atoms with E-state index < -0.39 is 0 Å². The fourth-order valence-corrected chi connectivity index (χ4v) is 8.50. The van der Waals surface area contributed by atoms with E-state index in [1.54, 1.807) is 42.7 Å². The lowest BCUT2D eigenvalue weighted by Crippen LogP contribution is -2.25. The molecule has 3 aliphatic carbocycles. The highest BCUT2D eigenvalue weighted by molar-refractivity contribution is 5.34. The molecule has 3 fully saturated rings. The van der Waals surface area contributed by atoms with Crippen molar-refractivity contribution < 1.29 is 37.9 Å². The lowest BCUT2D eigenvalue weighted by Gasteiger charge is -2.33. The third-order valence-corrected chi connectivity index (χ3v) is 12.1. The van der Waals surface area contributed by atoms with Crippen LogP contribution in [0.2, 0.25) is 0 Å². The van der Waals surface area contributed by atoms with Gasteiger partial charge in [0.15, 0.2) is 0 Å². The molecule has 0 saturated heterocycles. The van der Waals surface area contributed by atoms with E-state index in [1.807, 2.05) is 38.5 Å². The van der Waals surface area contributed by atoms with E-state index in [0.717, 1.165) is 54.8 Å². The molecule has 3 aliphatic rings. The SMILES string of the molecule is COC1CCC(CC2CCC(OC)CC2)CC1.COCC1CCC(COC)CC1.COCc1ccc(COC)cc1.COc1ccc(Cc2ccc(OC)cc2)cc1. The largest absolute Gasteiger partial charge is 0.497 e. The first-order chi connectivity index (χ1) is 28.4. The summed E-state index contributed by atoms with van der Waals surface area (Å²) in [6.45, 7) is 3.24. The summed E-state index contributed by atoms with van der Waals surface area (Å²) in [6, 6.07) is 24.5. The van der Waals surface area contributed by atoms with Crippen LogP contribution in [-0.4, -0.2) is 82.3 Å². The molecule has 0 radical (unpaired) electrons.